The predicted octanol–water partition coefficient (Wildman–Crippen LogP) is 3.75. The fourth-order valence-electron chi connectivity index (χ4n) is 3.46. The quantitative estimate of drug-likeness (QED) is 0.818. The van der Waals surface area contributed by atoms with Crippen LogP contribution >= 0.6 is 11.3 Å². The summed E-state index contributed by atoms with van der Waals surface area (Å²) in [7, 11) is 0. The van der Waals surface area contributed by atoms with Crippen molar-refractivity contribution in [3.8, 4) is 6.07 Å². The number of nitriles is 1. The smallest absolute Gasteiger partial charge is 0.336 e. The minimum absolute atomic E-state index is 0.0416. The number of amides is 1. The molecule has 1 atom stereocenters. The summed E-state index contributed by atoms with van der Waals surface area (Å²) in [6.45, 7) is 0. The number of carbonyl (C=O) groups excluding carboxylic acids is 1. The minimum atomic E-state index is -5.00. The van der Waals surface area contributed by atoms with Crippen LogP contribution in [0.25, 0.3) is 0 Å². The lowest BCUT2D eigenvalue weighted by Gasteiger charge is -2.27. The van der Waals surface area contributed by atoms with Crippen LogP contribution in [0.15, 0.2) is 35.3 Å². The summed E-state index contributed by atoms with van der Waals surface area (Å²) >= 11 is 1.10. The minimum Gasteiger partial charge on any atom is -0.336 e. The Bertz CT molecular complexity index is 1010. The van der Waals surface area contributed by atoms with Crippen LogP contribution in [0, 0.1) is 11.3 Å². The molecule has 1 aliphatic carbocycles. The molecule has 0 bridgehead atoms. The number of aryl methyl sites for hydroxylation is 1. The maximum Gasteiger partial charge on any atom is 0.442 e. The van der Waals surface area contributed by atoms with Crippen LogP contribution in [0.2, 0.25) is 0 Å². The third kappa shape index (κ3) is 2.85. The van der Waals surface area contributed by atoms with Crippen molar-refractivity contribution in [1.82, 2.24) is 5.32 Å². The van der Waals surface area contributed by atoms with E-state index in [-0.39, 0.29) is 16.4 Å². The van der Waals surface area contributed by atoms with E-state index in [2.05, 4.69) is 15.6 Å². The average molecular weight is 404 g/mol. The summed E-state index contributed by atoms with van der Waals surface area (Å²) in [5.74, 6) is -1.47. The molecule has 1 aliphatic heterocycles. The Hall–Kier alpha value is -2.86. The monoisotopic (exact) mass is 404 g/mol. The van der Waals surface area contributed by atoms with Crippen molar-refractivity contribution < 1.29 is 18.0 Å². The van der Waals surface area contributed by atoms with Crippen molar-refractivity contribution in [2.24, 2.45) is 4.99 Å². The number of nitrogens with one attached hydrogen (secondary N) is 2. The van der Waals surface area contributed by atoms with E-state index in [0.29, 0.717) is 12.0 Å². The van der Waals surface area contributed by atoms with Gasteiger partial charge in [-0.05, 0) is 31.2 Å². The first-order valence-electron chi connectivity index (χ1n) is 8.72. The van der Waals surface area contributed by atoms with Gasteiger partial charge >= 0.3 is 11.8 Å². The number of hydrogen-bond acceptors (Lipinski definition) is 5. The Labute approximate surface area is 162 Å². The molecule has 2 aromatic rings. The first-order valence-corrected chi connectivity index (χ1v) is 9.53. The van der Waals surface area contributed by atoms with Gasteiger partial charge in [-0.2, -0.15) is 18.4 Å². The molecule has 1 amide bonds. The topological polar surface area (TPSA) is 77.3 Å². The summed E-state index contributed by atoms with van der Waals surface area (Å²) < 4.78 is 42.2. The molecular weight excluding hydrogens is 389 g/mol. The van der Waals surface area contributed by atoms with Gasteiger partial charge in [-0.1, -0.05) is 30.3 Å². The molecule has 0 saturated heterocycles. The van der Waals surface area contributed by atoms with Gasteiger partial charge in [-0.3, -0.25) is 4.79 Å². The van der Waals surface area contributed by atoms with E-state index >= 15 is 0 Å². The van der Waals surface area contributed by atoms with Crippen LogP contribution in [-0.2, 0) is 17.6 Å². The van der Waals surface area contributed by atoms with Crippen LogP contribution in [0.3, 0.4) is 0 Å². The average Bonchev–Trinajstić information content (AvgIpc) is 3.20. The number of thiophene rings is 1. The summed E-state index contributed by atoms with van der Waals surface area (Å²) in [6.07, 6.45) is -1.80. The first kappa shape index (κ1) is 18.5. The van der Waals surface area contributed by atoms with E-state index in [0.717, 1.165) is 41.0 Å². The Morgan fingerprint density at radius 3 is 2.61 bits per heavy atom. The van der Waals surface area contributed by atoms with Crippen molar-refractivity contribution >= 4 is 28.1 Å². The molecule has 4 rings (SSSR count). The molecule has 9 heteroatoms. The van der Waals surface area contributed by atoms with Crippen LogP contribution in [0.1, 0.15) is 34.4 Å². The highest BCUT2D eigenvalue weighted by Crippen LogP contribution is 2.43. The van der Waals surface area contributed by atoms with Gasteiger partial charge in [0, 0.05) is 10.4 Å². The molecule has 2 N–H and O–H groups in total. The van der Waals surface area contributed by atoms with Crippen molar-refractivity contribution in [2.75, 3.05) is 5.32 Å². The van der Waals surface area contributed by atoms with E-state index < -0.39 is 17.7 Å². The van der Waals surface area contributed by atoms with E-state index in [1.807, 2.05) is 6.07 Å². The number of benzene rings is 1. The Morgan fingerprint density at radius 2 is 1.93 bits per heavy atom. The van der Waals surface area contributed by atoms with E-state index in [1.54, 1.807) is 30.3 Å². The van der Waals surface area contributed by atoms with E-state index in [4.69, 9.17) is 0 Å². The normalized spacial score (nSPS) is 21.5. The van der Waals surface area contributed by atoms with Crippen molar-refractivity contribution in [3.05, 3.63) is 51.9 Å². The standard InChI is InChI=1S/C19H15F3N4OS/c20-19(21,22)18(17(27)24-15(25-18)11-6-2-1-3-7-11)26-16-13(10-23)12-8-4-5-9-14(12)28-16/h1-3,6-7,26H,4-5,8-9H2,(H,24,25,27). The van der Waals surface area contributed by atoms with Gasteiger partial charge in [0.2, 0.25) is 0 Å². The zero-order chi connectivity index (χ0) is 19.9. The largest absolute Gasteiger partial charge is 0.442 e. The third-order valence-corrected chi connectivity index (χ3v) is 6.08. The fraction of sp³-hybridized carbons (Fsp3) is 0.316. The SMILES string of the molecule is N#Cc1c(NC2(C(F)(F)F)N=C(c3ccccc3)NC2=O)sc2c1CCCC2. The Morgan fingerprint density at radius 1 is 1.21 bits per heavy atom. The lowest BCUT2D eigenvalue weighted by molar-refractivity contribution is -0.181. The van der Waals surface area contributed by atoms with Crippen LogP contribution in [0.5, 0.6) is 0 Å². The number of fused-ring (bicyclic) bond motifs is 1. The van der Waals surface area contributed by atoms with Gasteiger partial charge in [-0.25, -0.2) is 4.99 Å². The van der Waals surface area contributed by atoms with Crippen LogP contribution in [0.4, 0.5) is 18.2 Å². The van der Waals surface area contributed by atoms with Crippen molar-refractivity contribution in [1.29, 1.82) is 5.26 Å². The molecule has 28 heavy (non-hydrogen) atoms. The Kier molecular flexibility index (Phi) is 4.38. The zero-order valence-electron chi connectivity index (χ0n) is 14.6. The lowest BCUT2D eigenvalue weighted by atomic mass is 9.96. The van der Waals surface area contributed by atoms with Gasteiger partial charge in [0.25, 0.3) is 5.91 Å². The zero-order valence-corrected chi connectivity index (χ0v) is 15.4. The summed E-state index contributed by atoms with van der Waals surface area (Å²) in [5, 5.41) is 14.1. The van der Waals surface area contributed by atoms with Gasteiger partial charge in [0.15, 0.2) is 0 Å². The van der Waals surface area contributed by atoms with E-state index in [1.165, 1.54) is 0 Å². The fourth-order valence-corrected chi connectivity index (χ4v) is 4.75. The molecule has 5 nitrogen and oxygen atoms in total. The summed E-state index contributed by atoms with van der Waals surface area (Å²) in [6, 6.07) is 10.1. The van der Waals surface area contributed by atoms with Gasteiger partial charge in [0.05, 0.1) is 5.56 Å². The number of aliphatic imine (C=N–C) groups is 1. The number of halogens is 3. The molecule has 1 aromatic carbocycles. The maximum absolute atomic E-state index is 14.1. The molecule has 0 fully saturated rings. The predicted molar refractivity (Wildman–Crippen MR) is 99.2 cm³/mol. The second kappa shape index (κ2) is 6.63. The molecule has 0 radical (unpaired) electrons. The molecule has 144 valence electrons. The third-order valence-electron chi connectivity index (χ3n) is 4.88. The summed E-state index contributed by atoms with van der Waals surface area (Å²) in [4.78, 5) is 17.1. The van der Waals surface area contributed by atoms with Crippen LogP contribution < -0.4 is 10.6 Å². The number of carbonyl (C=O) groups is 1. The van der Waals surface area contributed by atoms with Crippen molar-refractivity contribution in [3.63, 3.8) is 0 Å². The highest BCUT2D eigenvalue weighted by atomic mass is 32.1. The number of alkyl halides is 3. The number of anilines is 1. The number of hydrogen-bond donors (Lipinski definition) is 2. The van der Waals surface area contributed by atoms with Gasteiger partial charge in [-0.15, -0.1) is 11.3 Å². The first-order chi connectivity index (χ1) is 13.4. The van der Waals surface area contributed by atoms with Crippen LogP contribution in [-0.4, -0.2) is 23.6 Å². The summed E-state index contributed by atoms with van der Waals surface area (Å²) in [5.41, 5.74) is -1.84. The lowest BCUT2D eigenvalue weighted by Crippen LogP contribution is -2.57. The molecule has 1 unspecified atom stereocenters. The van der Waals surface area contributed by atoms with Gasteiger partial charge < -0.3 is 10.6 Å². The molecular formula is C19H15F3N4OS. The Balaban J connectivity index is 1.81. The number of amidine groups is 1. The van der Waals surface area contributed by atoms with Gasteiger partial charge in [0.1, 0.15) is 16.9 Å². The maximum atomic E-state index is 14.1. The van der Waals surface area contributed by atoms with E-state index in [9.17, 15) is 23.2 Å². The number of nitrogens with zero attached hydrogens (tertiary/aromatic N) is 2. The molecule has 2 aliphatic rings. The molecule has 2 heterocycles. The molecule has 0 spiro atoms. The van der Waals surface area contributed by atoms with Crippen molar-refractivity contribution in [2.45, 2.75) is 37.5 Å². The second-order valence-electron chi connectivity index (χ2n) is 6.64. The highest BCUT2D eigenvalue weighted by Gasteiger charge is 2.64. The molecule has 0 saturated carbocycles. The molecule has 1 aromatic heterocycles. The highest BCUT2D eigenvalue weighted by molar-refractivity contribution is 7.16. The second-order valence-corrected chi connectivity index (χ2v) is 7.75. The number of rotatable bonds is 3.